The minimum atomic E-state index is 0.803. The Kier molecular flexibility index (Phi) is 3.33. The van der Waals surface area contributed by atoms with E-state index in [-0.39, 0.29) is 0 Å². The number of nitrogen functional groups attached to an aromatic ring is 1. The Balaban J connectivity index is 2.08. The van der Waals surface area contributed by atoms with Crippen LogP contribution in [0.15, 0.2) is 48.5 Å². The van der Waals surface area contributed by atoms with Gasteiger partial charge in [-0.1, -0.05) is 29.8 Å². The van der Waals surface area contributed by atoms with Gasteiger partial charge in [0.25, 0.3) is 0 Å². The van der Waals surface area contributed by atoms with Crippen molar-refractivity contribution in [3.8, 4) is 0 Å². The molecule has 0 aliphatic rings. The van der Waals surface area contributed by atoms with Crippen LogP contribution in [-0.2, 0) is 6.54 Å². The SMILES string of the molecule is Cc1ccc(CN(C)c2ccc(N)cc2)cc1. The first-order valence-electron chi connectivity index (χ1n) is 5.77. The smallest absolute Gasteiger partial charge is 0.0426 e. The molecule has 0 amide bonds. The van der Waals surface area contributed by atoms with Gasteiger partial charge in [-0.25, -0.2) is 0 Å². The molecular formula is C15H18N2. The number of hydrogen-bond acceptors (Lipinski definition) is 2. The van der Waals surface area contributed by atoms with Crippen molar-refractivity contribution in [2.24, 2.45) is 0 Å². The molecule has 88 valence electrons. The van der Waals surface area contributed by atoms with Gasteiger partial charge in [0.05, 0.1) is 0 Å². The predicted molar refractivity (Wildman–Crippen MR) is 74.1 cm³/mol. The highest BCUT2D eigenvalue weighted by atomic mass is 15.1. The quantitative estimate of drug-likeness (QED) is 0.814. The molecule has 0 radical (unpaired) electrons. The van der Waals surface area contributed by atoms with E-state index >= 15 is 0 Å². The molecule has 0 aromatic heterocycles. The molecule has 0 atom stereocenters. The first kappa shape index (κ1) is 11.5. The second kappa shape index (κ2) is 4.91. The molecule has 0 spiro atoms. The Morgan fingerprint density at radius 2 is 1.53 bits per heavy atom. The van der Waals surface area contributed by atoms with Gasteiger partial charge < -0.3 is 10.6 Å². The number of benzene rings is 2. The maximum atomic E-state index is 5.68. The Morgan fingerprint density at radius 3 is 2.12 bits per heavy atom. The molecule has 2 aromatic rings. The van der Waals surface area contributed by atoms with E-state index in [4.69, 9.17) is 5.73 Å². The summed E-state index contributed by atoms with van der Waals surface area (Å²) in [7, 11) is 2.09. The molecule has 2 nitrogen and oxygen atoms in total. The van der Waals surface area contributed by atoms with Crippen molar-refractivity contribution in [1.29, 1.82) is 0 Å². The second-order valence-electron chi connectivity index (χ2n) is 4.43. The molecule has 0 saturated heterocycles. The zero-order chi connectivity index (χ0) is 12.3. The number of aryl methyl sites for hydroxylation is 1. The minimum absolute atomic E-state index is 0.803. The third-order valence-corrected chi connectivity index (χ3v) is 2.87. The number of nitrogens with zero attached hydrogens (tertiary/aromatic N) is 1. The van der Waals surface area contributed by atoms with E-state index in [0.717, 1.165) is 12.2 Å². The van der Waals surface area contributed by atoms with Crippen molar-refractivity contribution < 1.29 is 0 Å². The lowest BCUT2D eigenvalue weighted by molar-refractivity contribution is 0.922. The maximum absolute atomic E-state index is 5.68. The fourth-order valence-corrected chi connectivity index (χ4v) is 1.79. The summed E-state index contributed by atoms with van der Waals surface area (Å²) in [5, 5.41) is 0. The summed E-state index contributed by atoms with van der Waals surface area (Å²) in [4.78, 5) is 2.21. The number of anilines is 2. The topological polar surface area (TPSA) is 29.3 Å². The van der Waals surface area contributed by atoms with Gasteiger partial charge in [-0.2, -0.15) is 0 Å². The van der Waals surface area contributed by atoms with Crippen LogP contribution in [0.3, 0.4) is 0 Å². The van der Waals surface area contributed by atoms with Gasteiger partial charge in [0.2, 0.25) is 0 Å². The van der Waals surface area contributed by atoms with E-state index in [1.807, 2.05) is 24.3 Å². The van der Waals surface area contributed by atoms with E-state index in [1.54, 1.807) is 0 Å². The van der Waals surface area contributed by atoms with Crippen molar-refractivity contribution >= 4 is 11.4 Å². The molecule has 0 saturated carbocycles. The van der Waals surface area contributed by atoms with Gasteiger partial charge in [-0.05, 0) is 36.8 Å². The van der Waals surface area contributed by atoms with Gasteiger partial charge in [0.15, 0.2) is 0 Å². The first-order chi connectivity index (χ1) is 8.15. The molecule has 0 fully saturated rings. The fourth-order valence-electron chi connectivity index (χ4n) is 1.79. The van der Waals surface area contributed by atoms with Gasteiger partial charge in [-0.15, -0.1) is 0 Å². The average Bonchev–Trinajstić information content (AvgIpc) is 2.33. The third-order valence-electron chi connectivity index (χ3n) is 2.87. The molecule has 0 aliphatic heterocycles. The first-order valence-corrected chi connectivity index (χ1v) is 5.77. The van der Waals surface area contributed by atoms with Crippen LogP contribution in [0.1, 0.15) is 11.1 Å². The van der Waals surface area contributed by atoms with Crippen molar-refractivity contribution in [2.45, 2.75) is 13.5 Å². The molecule has 0 heterocycles. The van der Waals surface area contributed by atoms with E-state index in [1.165, 1.54) is 16.8 Å². The molecule has 2 N–H and O–H groups in total. The van der Waals surface area contributed by atoms with Crippen molar-refractivity contribution in [3.05, 3.63) is 59.7 Å². The largest absolute Gasteiger partial charge is 0.399 e. The van der Waals surface area contributed by atoms with Crippen molar-refractivity contribution in [3.63, 3.8) is 0 Å². The fraction of sp³-hybridized carbons (Fsp3) is 0.200. The average molecular weight is 226 g/mol. The lowest BCUT2D eigenvalue weighted by Crippen LogP contribution is -2.16. The maximum Gasteiger partial charge on any atom is 0.0426 e. The molecular weight excluding hydrogens is 208 g/mol. The Bertz CT molecular complexity index is 471. The summed E-state index contributed by atoms with van der Waals surface area (Å²) in [5.41, 5.74) is 10.3. The van der Waals surface area contributed by atoms with Crippen LogP contribution in [0.2, 0.25) is 0 Å². The summed E-state index contributed by atoms with van der Waals surface area (Å²) in [6, 6.07) is 16.6. The van der Waals surface area contributed by atoms with E-state index in [2.05, 4.69) is 43.1 Å². The molecule has 2 heteroatoms. The Labute approximate surface area is 103 Å². The monoisotopic (exact) mass is 226 g/mol. The van der Waals surface area contributed by atoms with Crippen molar-refractivity contribution in [1.82, 2.24) is 0 Å². The minimum Gasteiger partial charge on any atom is -0.399 e. The summed E-state index contributed by atoms with van der Waals surface area (Å²) in [5.74, 6) is 0. The molecule has 2 rings (SSSR count). The highest BCUT2D eigenvalue weighted by molar-refractivity contribution is 5.52. The lowest BCUT2D eigenvalue weighted by atomic mass is 10.1. The van der Waals surface area contributed by atoms with E-state index in [0.29, 0.717) is 0 Å². The van der Waals surface area contributed by atoms with E-state index in [9.17, 15) is 0 Å². The van der Waals surface area contributed by atoms with Crippen LogP contribution in [0.25, 0.3) is 0 Å². The summed E-state index contributed by atoms with van der Waals surface area (Å²) < 4.78 is 0. The van der Waals surface area contributed by atoms with Crippen LogP contribution < -0.4 is 10.6 Å². The molecule has 0 unspecified atom stereocenters. The number of hydrogen-bond donors (Lipinski definition) is 1. The highest BCUT2D eigenvalue weighted by Gasteiger charge is 2.01. The molecule has 17 heavy (non-hydrogen) atoms. The van der Waals surface area contributed by atoms with Crippen molar-refractivity contribution in [2.75, 3.05) is 17.7 Å². The summed E-state index contributed by atoms with van der Waals surface area (Å²) >= 11 is 0. The zero-order valence-electron chi connectivity index (χ0n) is 10.4. The predicted octanol–water partition coefficient (Wildman–Crippen LogP) is 3.21. The van der Waals surface area contributed by atoms with Crippen LogP contribution in [0, 0.1) is 6.92 Å². The number of nitrogens with two attached hydrogens (primary N) is 1. The normalized spacial score (nSPS) is 10.2. The van der Waals surface area contributed by atoms with Gasteiger partial charge in [0, 0.05) is 25.0 Å². The molecule has 0 aliphatic carbocycles. The summed E-state index contributed by atoms with van der Waals surface area (Å²) in [6.07, 6.45) is 0. The standard InChI is InChI=1S/C15H18N2/c1-12-3-5-13(6-4-12)11-17(2)15-9-7-14(16)8-10-15/h3-10H,11,16H2,1-2H3. The Hall–Kier alpha value is -1.96. The van der Waals surface area contributed by atoms with Gasteiger partial charge in [-0.3, -0.25) is 0 Å². The van der Waals surface area contributed by atoms with E-state index < -0.39 is 0 Å². The molecule has 2 aromatic carbocycles. The van der Waals surface area contributed by atoms with Crippen LogP contribution in [0.5, 0.6) is 0 Å². The molecule has 0 bridgehead atoms. The number of rotatable bonds is 3. The Morgan fingerprint density at radius 1 is 0.941 bits per heavy atom. The van der Waals surface area contributed by atoms with Gasteiger partial charge in [0.1, 0.15) is 0 Å². The van der Waals surface area contributed by atoms with Gasteiger partial charge >= 0.3 is 0 Å². The summed E-state index contributed by atoms with van der Waals surface area (Å²) in [6.45, 7) is 3.01. The van der Waals surface area contributed by atoms with Crippen LogP contribution >= 0.6 is 0 Å². The lowest BCUT2D eigenvalue weighted by Gasteiger charge is -2.19. The zero-order valence-corrected chi connectivity index (χ0v) is 10.4. The van der Waals surface area contributed by atoms with Crippen LogP contribution in [-0.4, -0.2) is 7.05 Å². The van der Waals surface area contributed by atoms with Crippen LogP contribution in [0.4, 0.5) is 11.4 Å². The second-order valence-corrected chi connectivity index (χ2v) is 4.43. The third kappa shape index (κ3) is 3.00. The highest BCUT2D eigenvalue weighted by Crippen LogP contribution is 2.17.